The van der Waals surface area contributed by atoms with E-state index >= 15 is 0 Å². The molecule has 0 N–H and O–H groups in total. The summed E-state index contributed by atoms with van der Waals surface area (Å²) in [5.41, 5.74) is 0. The number of ether oxygens (including phenoxy) is 2. The molecule has 0 fully saturated rings. The van der Waals surface area contributed by atoms with Crippen LogP contribution in [0, 0.1) is 0 Å². The highest BCUT2D eigenvalue weighted by molar-refractivity contribution is 5.69. The molecule has 0 radical (unpaired) electrons. The standard InChI is InChI=1S/C17H32O4/c1-5-10-16(18)20-14(4)12-8-9-13-15(7-3)21-17(19)11-6-2/h14-15H,5-13H2,1-4H3/t14-,15+/m0/s1. The first-order valence-corrected chi connectivity index (χ1v) is 8.42. The molecule has 124 valence electrons. The molecule has 0 saturated heterocycles. The van der Waals surface area contributed by atoms with Crippen LogP contribution in [0.15, 0.2) is 0 Å². The van der Waals surface area contributed by atoms with E-state index in [-0.39, 0.29) is 24.1 Å². The summed E-state index contributed by atoms with van der Waals surface area (Å²) in [5, 5.41) is 0. The second kappa shape index (κ2) is 12.7. The number of hydrogen-bond acceptors (Lipinski definition) is 4. The first-order valence-electron chi connectivity index (χ1n) is 8.42. The molecule has 0 saturated carbocycles. The van der Waals surface area contributed by atoms with Crippen molar-refractivity contribution in [3.8, 4) is 0 Å². The maximum absolute atomic E-state index is 11.5. The highest BCUT2D eigenvalue weighted by Gasteiger charge is 2.13. The Morgan fingerprint density at radius 2 is 1.38 bits per heavy atom. The molecule has 0 aliphatic carbocycles. The summed E-state index contributed by atoms with van der Waals surface area (Å²) in [7, 11) is 0. The molecule has 0 amide bonds. The number of rotatable bonds is 12. The number of unbranched alkanes of at least 4 members (excludes halogenated alkanes) is 1. The van der Waals surface area contributed by atoms with Crippen LogP contribution < -0.4 is 0 Å². The lowest BCUT2D eigenvalue weighted by Gasteiger charge is -2.17. The van der Waals surface area contributed by atoms with Gasteiger partial charge in [0.05, 0.1) is 6.10 Å². The van der Waals surface area contributed by atoms with Gasteiger partial charge in [0.1, 0.15) is 6.10 Å². The van der Waals surface area contributed by atoms with Crippen LogP contribution in [0.2, 0.25) is 0 Å². The lowest BCUT2D eigenvalue weighted by atomic mass is 10.1. The summed E-state index contributed by atoms with van der Waals surface area (Å²) in [6.07, 6.45) is 7.26. The predicted octanol–water partition coefficient (Wildman–Crippen LogP) is 4.40. The number of carbonyl (C=O) groups excluding carboxylic acids is 2. The van der Waals surface area contributed by atoms with E-state index < -0.39 is 0 Å². The van der Waals surface area contributed by atoms with Gasteiger partial charge in [-0.2, -0.15) is 0 Å². The minimum atomic E-state index is -0.107. The monoisotopic (exact) mass is 300 g/mol. The molecular formula is C17H32O4. The molecule has 4 nitrogen and oxygen atoms in total. The van der Waals surface area contributed by atoms with Gasteiger partial charge in [-0.25, -0.2) is 0 Å². The SMILES string of the molecule is CCCC(=O)O[C@H](CC)CCCC[C@H](C)OC(=O)CCC. The summed E-state index contributed by atoms with van der Waals surface area (Å²) in [6, 6.07) is 0. The van der Waals surface area contributed by atoms with Gasteiger partial charge in [0.25, 0.3) is 0 Å². The summed E-state index contributed by atoms with van der Waals surface area (Å²) in [4.78, 5) is 22.8. The predicted molar refractivity (Wildman–Crippen MR) is 84.0 cm³/mol. The highest BCUT2D eigenvalue weighted by Crippen LogP contribution is 2.13. The molecule has 0 aromatic heterocycles. The third-order valence-electron chi connectivity index (χ3n) is 3.38. The Morgan fingerprint density at radius 1 is 0.857 bits per heavy atom. The quantitative estimate of drug-likeness (QED) is 0.396. The van der Waals surface area contributed by atoms with Crippen LogP contribution in [0.1, 0.15) is 85.5 Å². The summed E-state index contributed by atoms with van der Waals surface area (Å²) in [5.74, 6) is -0.198. The van der Waals surface area contributed by atoms with E-state index in [0.29, 0.717) is 12.8 Å². The smallest absolute Gasteiger partial charge is 0.306 e. The van der Waals surface area contributed by atoms with Crippen molar-refractivity contribution in [1.82, 2.24) is 0 Å². The molecule has 0 unspecified atom stereocenters. The van der Waals surface area contributed by atoms with Gasteiger partial charge in [-0.1, -0.05) is 20.8 Å². The fraction of sp³-hybridized carbons (Fsp3) is 0.882. The molecule has 0 aliphatic rings. The fourth-order valence-corrected chi connectivity index (χ4v) is 2.15. The van der Waals surface area contributed by atoms with Crippen molar-refractivity contribution in [2.45, 2.75) is 97.7 Å². The van der Waals surface area contributed by atoms with Crippen molar-refractivity contribution >= 4 is 11.9 Å². The Morgan fingerprint density at radius 3 is 1.90 bits per heavy atom. The minimum Gasteiger partial charge on any atom is -0.463 e. The molecule has 0 aromatic carbocycles. The van der Waals surface area contributed by atoms with Crippen molar-refractivity contribution in [2.24, 2.45) is 0 Å². The van der Waals surface area contributed by atoms with Gasteiger partial charge in [-0.3, -0.25) is 9.59 Å². The third-order valence-corrected chi connectivity index (χ3v) is 3.38. The van der Waals surface area contributed by atoms with E-state index in [1.54, 1.807) is 0 Å². The Bertz CT molecular complexity index is 289. The van der Waals surface area contributed by atoms with E-state index in [1.165, 1.54) is 0 Å². The van der Waals surface area contributed by atoms with Gasteiger partial charge in [-0.05, 0) is 51.9 Å². The van der Waals surface area contributed by atoms with Gasteiger partial charge < -0.3 is 9.47 Å². The van der Waals surface area contributed by atoms with Crippen LogP contribution in [-0.2, 0) is 19.1 Å². The van der Waals surface area contributed by atoms with E-state index in [9.17, 15) is 9.59 Å². The van der Waals surface area contributed by atoms with Crippen LogP contribution in [0.25, 0.3) is 0 Å². The molecule has 0 aromatic rings. The molecule has 2 atom stereocenters. The van der Waals surface area contributed by atoms with Crippen molar-refractivity contribution in [3.05, 3.63) is 0 Å². The van der Waals surface area contributed by atoms with E-state index in [1.807, 2.05) is 27.7 Å². The van der Waals surface area contributed by atoms with Crippen LogP contribution in [0.3, 0.4) is 0 Å². The summed E-state index contributed by atoms with van der Waals surface area (Å²) >= 11 is 0. The zero-order valence-corrected chi connectivity index (χ0v) is 14.2. The average molecular weight is 300 g/mol. The second-order valence-electron chi connectivity index (χ2n) is 5.61. The molecular weight excluding hydrogens is 268 g/mol. The Labute approximate surface area is 129 Å². The lowest BCUT2D eigenvalue weighted by Crippen LogP contribution is -2.18. The zero-order chi connectivity index (χ0) is 16.1. The van der Waals surface area contributed by atoms with Crippen molar-refractivity contribution in [3.63, 3.8) is 0 Å². The second-order valence-corrected chi connectivity index (χ2v) is 5.61. The molecule has 0 bridgehead atoms. The number of hydrogen-bond donors (Lipinski definition) is 0. The summed E-state index contributed by atoms with van der Waals surface area (Å²) < 4.78 is 10.7. The van der Waals surface area contributed by atoms with Crippen LogP contribution in [0.4, 0.5) is 0 Å². The van der Waals surface area contributed by atoms with E-state index in [0.717, 1.165) is 44.9 Å². The minimum absolute atomic E-state index is 0.0215. The molecule has 0 spiro atoms. The molecule has 0 aliphatic heterocycles. The largest absolute Gasteiger partial charge is 0.463 e. The number of carbonyl (C=O) groups is 2. The fourth-order valence-electron chi connectivity index (χ4n) is 2.15. The maximum atomic E-state index is 11.5. The molecule has 21 heavy (non-hydrogen) atoms. The van der Waals surface area contributed by atoms with Crippen molar-refractivity contribution in [2.75, 3.05) is 0 Å². The third kappa shape index (κ3) is 11.3. The van der Waals surface area contributed by atoms with Crippen LogP contribution >= 0.6 is 0 Å². The first-order chi connectivity index (χ1) is 10.0. The summed E-state index contributed by atoms with van der Waals surface area (Å²) in [6.45, 7) is 7.92. The normalized spacial score (nSPS) is 13.5. The Hall–Kier alpha value is -1.06. The van der Waals surface area contributed by atoms with Crippen LogP contribution in [0.5, 0.6) is 0 Å². The number of esters is 2. The Balaban J connectivity index is 3.75. The highest BCUT2D eigenvalue weighted by atomic mass is 16.5. The van der Waals surface area contributed by atoms with Crippen molar-refractivity contribution < 1.29 is 19.1 Å². The maximum Gasteiger partial charge on any atom is 0.306 e. The van der Waals surface area contributed by atoms with Gasteiger partial charge in [0.15, 0.2) is 0 Å². The zero-order valence-electron chi connectivity index (χ0n) is 14.2. The molecule has 0 rings (SSSR count). The average Bonchev–Trinajstić information content (AvgIpc) is 2.42. The molecule has 0 heterocycles. The lowest BCUT2D eigenvalue weighted by molar-refractivity contribution is -0.150. The van der Waals surface area contributed by atoms with Gasteiger partial charge in [0.2, 0.25) is 0 Å². The van der Waals surface area contributed by atoms with Crippen LogP contribution in [-0.4, -0.2) is 24.1 Å². The Kier molecular flexibility index (Phi) is 12.0. The first kappa shape index (κ1) is 19.9. The van der Waals surface area contributed by atoms with E-state index in [2.05, 4.69) is 0 Å². The van der Waals surface area contributed by atoms with Gasteiger partial charge >= 0.3 is 11.9 Å². The van der Waals surface area contributed by atoms with Gasteiger partial charge in [-0.15, -0.1) is 0 Å². The molecule has 4 heteroatoms. The topological polar surface area (TPSA) is 52.6 Å². The van der Waals surface area contributed by atoms with Crippen molar-refractivity contribution in [1.29, 1.82) is 0 Å². The van der Waals surface area contributed by atoms with Gasteiger partial charge in [0, 0.05) is 12.8 Å². The van der Waals surface area contributed by atoms with E-state index in [4.69, 9.17) is 9.47 Å².